The molecule has 6 N–H and O–H groups in total. The van der Waals surface area contributed by atoms with Gasteiger partial charge < -0.3 is 44.7 Å². The minimum absolute atomic E-state index is 0.0873. The van der Waals surface area contributed by atoms with Gasteiger partial charge in [0.1, 0.15) is 24.2 Å². The number of aromatic amines is 1. The number of phenols is 1. The van der Waals surface area contributed by atoms with Crippen LogP contribution in [0.2, 0.25) is 5.02 Å². The van der Waals surface area contributed by atoms with Gasteiger partial charge in [-0.2, -0.15) is 0 Å². The Morgan fingerprint density at radius 2 is 1.75 bits per heavy atom. The summed E-state index contributed by atoms with van der Waals surface area (Å²) in [6.45, 7) is 1.08. The van der Waals surface area contributed by atoms with Crippen molar-refractivity contribution in [2.45, 2.75) is 81.8 Å². The van der Waals surface area contributed by atoms with Crippen LogP contribution < -0.4 is 20.9 Å². The first-order valence-corrected chi connectivity index (χ1v) is 19.6. The summed E-state index contributed by atoms with van der Waals surface area (Å²) in [5.74, 6) is -0.326. The van der Waals surface area contributed by atoms with E-state index in [1.807, 2.05) is 25.2 Å². The van der Waals surface area contributed by atoms with E-state index in [1.165, 1.54) is 19.2 Å². The molecular weight excluding hydrogens is 740 g/mol. The molecule has 4 aromatic rings. The Balaban J connectivity index is 0.938. The van der Waals surface area contributed by atoms with E-state index in [0.29, 0.717) is 52.9 Å². The van der Waals surface area contributed by atoms with Crippen LogP contribution in [-0.2, 0) is 26.4 Å². The van der Waals surface area contributed by atoms with E-state index in [-0.39, 0.29) is 59.6 Å². The number of nitrogens with one attached hydrogen (secondary N) is 3. The summed E-state index contributed by atoms with van der Waals surface area (Å²) in [7, 11) is 3.48. The molecule has 1 amide bonds. The number of ether oxygens (including phenoxy) is 3. The Morgan fingerprint density at radius 1 is 1.02 bits per heavy atom. The normalized spacial score (nSPS) is 19.0. The average molecular weight is 791 g/mol. The van der Waals surface area contributed by atoms with Crippen LogP contribution in [0, 0.1) is 5.92 Å². The Labute approximate surface area is 330 Å². The Hall–Kier alpha value is -4.66. The van der Waals surface area contributed by atoms with Gasteiger partial charge in [-0.25, -0.2) is 9.59 Å². The van der Waals surface area contributed by atoms with E-state index in [2.05, 4.69) is 20.5 Å². The highest BCUT2D eigenvalue weighted by Crippen LogP contribution is 2.42. The van der Waals surface area contributed by atoms with Crippen LogP contribution in [0.4, 0.5) is 10.5 Å². The SMILES string of the molecule is COc1cc(NC(=O)OCCN(C)C2CCC(OC(=O)[C@](O)(c3ccccc3)C3CCCC3)CC2)c(Cl)cc1CNC[C@H](O)c1ccc(O)c2[nH]c(=O)ccc12. The lowest BCUT2D eigenvalue weighted by Gasteiger charge is -2.37. The molecule has 0 spiro atoms. The number of nitrogens with zero attached hydrogens (tertiary/aromatic N) is 1. The number of methoxy groups -OCH3 is 1. The maximum absolute atomic E-state index is 13.5. The van der Waals surface area contributed by atoms with E-state index in [4.69, 9.17) is 25.8 Å². The fourth-order valence-corrected chi connectivity index (χ4v) is 8.27. The highest BCUT2D eigenvalue weighted by molar-refractivity contribution is 6.33. The summed E-state index contributed by atoms with van der Waals surface area (Å²) < 4.78 is 17.0. The van der Waals surface area contributed by atoms with Crippen molar-refractivity contribution in [1.82, 2.24) is 15.2 Å². The van der Waals surface area contributed by atoms with Crippen LogP contribution >= 0.6 is 11.6 Å². The molecule has 0 unspecified atom stereocenters. The molecule has 0 aliphatic heterocycles. The van der Waals surface area contributed by atoms with Gasteiger partial charge in [0.15, 0.2) is 5.60 Å². The first-order chi connectivity index (χ1) is 27.0. The first kappa shape index (κ1) is 41.0. The van der Waals surface area contributed by atoms with Gasteiger partial charge in [-0.05, 0) is 74.9 Å². The van der Waals surface area contributed by atoms with Gasteiger partial charge in [-0.1, -0.05) is 60.8 Å². The van der Waals surface area contributed by atoms with Crippen LogP contribution in [-0.4, -0.2) is 83.3 Å². The Morgan fingerprint density at radius 3 is 2.46 bits per heavy atom. The van der Waals surface area contributed by atoms with E-state index in [1.54, 1.807) is 36.4 Å². The minimum atomic E-state index is -1.64. The number of aliphatic hydroxyl groups excluding tert-OH is 1. The van der Waals surface area contributed by atoms with Crippen molar-refractivity contribution in [1.29, 1.82) is 0 Å². The average Bonchev–Trinajstić information content (AvgIpc) is 3.75. The number of phenolic OH excluding ortho intramolecular Hbond substituents is 1. The molecule has 2 aliphatic carbocycles. The van der Waals surface area contributed by atoms with Crippen molar-refractivity contribution in [3.8, 4) is 11.5 Å². The second kappa shape index (κ2) is 18.5. The maximum atomic E-state index is 13.5. The number of aromatic nitrogens is 1. The van der Waals surface area contributed by atoms with Gasteiger partial charge in [0.2, 0.25) is 5.56 Å². The predicted octanol–water partition coefficient (Wildman–Crippen LogP) is 6.13. The molecule has 1 heterocycles. The maximum Gasteiger partial charge on any atom is 0.411 e. The highest BCUT2D eigenvalue weighted by Gasteiger charge is 2.48. The fourth-order valence-electron chi connectivity index (χ4n) is 8.03. The van der Waals surface area contributed by atoms with Crippen LogP contribution in [0.3, 0.4) is 0 Å². The summed E-state index contributed by atoms with van der Waals surface area (Å²) in [6.07, 6.45) is 4.68. The van der Waals surface area contributed by atoms with Crippen molar-refractivity contribution in [2.24, 2.45) is 5.92 Å². The quantitative estimate of drug-likeness (QED) is 0.0762. The van der Waals surface area contributed by atoms with E-state index < -0.39 is 23.8 Å². The molecular formula is C42H51ClN4O9. The highest BCUT2D eigenvalue weighted by atomic mass is 35.5. The number of anilines is 1. The summed E-state index contributed by atoms with van der Waals surface area (Å²) in [5.41, 5.74) is 0.392. The lowest BCUT2D eigenvalue weighted by atomic mass is 9.80. The molecule has 56 heavy (non-hydrogen) atoms. The standard InChI is InChI=1S/C42H51ClN4O9/c1-47(29-12-14-30(15-13-29)56-40(51)42(53,28-10-6-7-11-28)27-8-4-3-5-9-27)20-21-55-41(52)45-34-23-37(54-2)26(22-33(34)43)24-44-25-36(49)31-16-18-35(48)39-32(31)17-19-38(50)46-39/h3-5,8-9,16-19,22-23,28-30,36,44,48-49,53H,6-7,10-15,20-21,24-25H2,1-2H3,(H,45,52)(H,46,50)/t29?,30?,36-,42-/m0/s1. The number of halogens is 1. The fraction of sp³-hybridized carbons (Fsp3) is 0.452. The van der Waals surface area contributed by atoms with Crippen LogP contribution in [0.1, 0.15) is 74.2 Å². The molecule has 0 radical (unpaired) electrons. The van der Waals surface area contributed by atoms with Crippen LogP contribution in [0.15, 0.2) is 71.5 Å². The number of aliphatic hydroxyl groups is 2. The van der Waals surface area contributed by atoms with Gasteiger partial charge in [0.25, 0.3) is 0 Å². The summed E-state index contributed by atoms with van der Waals surface area (Å²) >= 11 is 6.54. The molecule has 2 fully saturated rings. The number of hydrogen-bond acceptors (Lipinski definition) is 11. The number of carbonyl (C=O) groups is 2. The van der Waals surface area contributed by atoms with Gasteiger partial charge in [0.05, 0.1) is 29.4 Å². The number of fused-ring (bicyclic) bond motifs is 1. The number of H-pyrrole nitrogens is 1. The molecule has 2 atom stereocenters. The van der Waals surface area contributed by atoms with E-state index in [9.17, 15) is 29.7 Å². The van der Waals surface area contributed by atoms with E-state index >= 15 is 0 Å². The number of likely N-dealkylation sites (N-methyl/N-ethyl adjacent to an activating group) is 1. The van der Waals surface area contributed by atoms with Crippen LogP contribution in [0.5, 0.6) is 11.5 Å². The number of aromatic hydroxyl groups is 1. The smallest absolute Gasteiger partial charge is 0.411 e. The van der Waals surface area contributed by atoms with Crippen molar-refractivity contribution >= 4 is 40.3 Å². The molecule has 2 aliphatic rings. The number of amides is 1. The zero-order valence-electron chi connectivity index (χ0n) is 31.8. The molecule has 0 bridgehead atoms. The predicted molar refractivity (Wildman–Crippen MR) is 213 cm³/mol. The third-order valence-corrected chi connectivity index (χ3v) is 11.5. The van der Waals surface area contributed by atoms with Crippen molar-refractivity contribution in [3.63, 3.8) is 0 Å². The molecule has 0 saturated heterocycles. The van der Waals surface area contributed by atoms with Gasteiger partial charge >= 0.3 is 12.1 Å². The number of carbonyl (C=O) groups excluding carboxylic acids is 2. The first-order valence-electron chi connectivity index (χ1n) is 19.2. The van der Waals surface area contributed by atoms with E-state index in [0.717, 1.165) is 38.5 Å². The lowest BCUT2D eigenvalue weighted by Crippen LogP contribution is -2.46. The zero-order valence-corrected chi connectivity index (χ0v) is 32.5. The second-order valence-corrected chi connectivity index (χ2v) is 15.2. The van der Waals surface area contributed by atoms with Crippen LogP contribution in [0.25, 0.3) is 10.9 Å². The topological polar surface area (TPSA) is 183 Å². The number of esters is 1. The number of rotatable bonds is 15. The lowest BCUT2D eigenvalue weighted by molar-refractivity contribution is -0.181. The largest absolute Gasteiger partial charge is 0.506 e. The molecule has 6 rings (SSSR count). The number of pyridine rings is 1. The monoisotopic (exact) mass is 790 g/mol. The summed E-state index contributed by atoms with van der Waals surface area (Å²) in [4.78, 5) is 42.8. The Bertz CT molecular complexity index is 2030. The molecule has 1 aromatic heterocycles. The van der Waals surface area contributed by atoms with Crippen molar-refractivity contribution in [2.75, 3.05) is 39.2 Å². The molecule has 13 nitrogen and oxygen atoms in total. The third-order valence-electron chi connectivity index (χ3n) is 11.2. The second-order valence-electron chi connectivity index (χ2n) is 14.8. The molecule has 14 heteroatoms. The van der Waals surface area contributed by atoms with Gasteiger partial charge in [-0.3, -0.25) is 10.1 Å². The minimum Gasteiger partial charge on any atom is -0.506 e. The zero-order chi connectivity index (χ0) is 39.8. The molecule has 3 aromatic carbocycles. The molecule has 300 valence electrons. The Kier molecular flexibility index (Phi) is 13.6. The van der Waals surface area contributed by atoms with Crippen molar-refractivity contribution in [3.05, 3.63) is 98.8 Å². The number of benzene rings is 3. The summed E-state index contributed by atoms with van der Waals surface area (Å²) in [6, 6.07) is 18.6. The van der Waals surface area contributed by atoms with Gasteiger partial charge in [-0.15, -0.1) is 0 Å². The van der Waals surface area contributed by atoms with Gasteiger partial charge in [0, 0.05) is 54.7 Å². The number of hydrogen-bond donors (Lipinski definition) is 6. The summed E-state index contributed by atoms with van der Waals surface area (Å²) in [5, 5.41) is 39.5. The third kappa shape index (κ3) is 9.47. The molecule has 2 saturated carbocycles. The van der Waals surface area contributed by atoms with Crippen molar-refractivity contribution < 1.29 is 39.1 Å².